The molecule has 4 heteroatoms. The molecule has 94 valence electrons. The third-order valence-electron chi connectivity index (χ3n) is 2.66. The molecule has 2 rings (SSSR count). The second kappa shape index (κ2) is 6.57. The highest BCUT2D eigenvalue weighted by Gasteiger charge is 2.29. The zero-order valence-corrected chi connectivity index (χ0v) is 12.1. The number of benzene rings is 1. The van der Waals surface area contributed by atoms with Crippen LogP contribution in [-0.2, 0) is 0 Å². The van der Waals surface area contributed by atoms with E-state index < -0.39 is 0 Å². The van der Waals surface area contributed by atoms with Gasteiger partial charge >= 0.3 is 0 Å². The predicted molar refractivity (Wildman–Crippen MR) is 79.6 cm³/mol. The van der Waals surface area contributed by atoms with Crippen molar-refractivity contribution < 1.29 is 0 Å². The molecule has 1 aliphatic rings. The fraction of sp³-hybridized carbons (Fsp3) is 0.538. The van der Waals surface area contributed by atoms with E-state index in [4.69, 9.17) is 0 Å². The molecular formula is C13H20N2S2. The highest BCUT2D eigenvalue weighted by atomic mass is 32.2. The molecule has 0 fully saturated rings. The maximum absolute atomic E-state index is 3.45. The molecule has 0 amide bonds. The Morgan fingerprint density at radius 2 is 2.12 bits per heavy atom. The molecule has 0 radical (unpaired) electrons. The van der Waals surface area contributed by atoms with Gasteiger partial charge in [-0.25, -0.2) is 0 Å². The maximum Gasteiger partial charge on any atom is 0.141 e. The fourth-order valence-corrected chi connectivity index (χ4v) is 4.41. The molecule has 2 nitrogen and oxygen atoms in total. The van der Waals surface area contributed by atoms with Crippen LogP contribution >= 0.6 is 23.7 Å². The average Bonchev–Trinajstić information content (AvgIpc) is 2.69. The summed E-state index contributed by atoms with van der Waals surface area (Å²) in [6, 6.07) is 8.72. The number of thioether (sulfide) groups is 1. The first-order chi connectivity index (χ1) is 8.36. The van der Waals surface area contributed by atoms with Gasteiger partial charge < -0.3 is 4.90 Å². The van der Waals surface area contributed by atoms with Crippen LogP contribution in [0.4, 0.5) is 5.69 Å². The van der Waals surface area contributed by atoms with Crippen molar-refractivity contribution in [3.05, 3.63) is 24.3 Å². The number of para-hydroxylation sites is 1. The van der Waals surface area contributed by atoms with Crippen molar-refractivity contribution in [1.29, 1.82) is 0 Å². The van der Waals surface area contributed by atoms with Crippen molar-refractivity contribution >= 4 is 29.4 Å². The van der Waals surface area contributed by atoms with Crippen molar-refractivity contribution in [1.82, 2.24) is 4.72 Å². The van der Waals surface area contributed by atoms with Gasteiger partial charge in [-0.05, 0) is 36.9 Å². The number of rotatable bonds is 6. The first-order valence-electron chi connectivity index (χ1n) is 6.27. The van der Waals surface area contributed by atoms with E-state index in [-0.39, 0.29) is 0 Å². The Morgan fingerprint density at radius 3 is 2.88 bits per heavy atom. The molecule has 1 aromatic rings. The highest BCUT2D eigenvalue weighted by Crippen LogP contribution is 2.46. The number of nitrogens with zero attached hydrogens (tertiary/aromatic N) is 1. The lowest BCUT2D eigenvalue weighted by molar-refractivity contribution is 0.818. The van der Waals surface area contributed by atoms with Crippen molar-refractivity contribution in [3.63, 3.8) is 0 Å². The van der Waals surface area contributed by atoms with Crippen molar-refractivity contribution in [2.75, 3.05) is 18.0 Å². The Balaban J connectivity index is 2.04. The van der Waals surface area contributed by atoms with Gasteiger partial charge in [0.2, 0.25) is 0 Å². The lowest BCUT2D eigenvalue weighted by atomic mass is 10.3. The fourth-order valence-electron chi connectivity index (χ4n) is 1.87. The smallest absolute Gasteiger partial charge is 0.141 e. The Morgan fingerprint density at radius 1 is 1.29 bits per heavy atom. The van der Waals surface area contributed by atoms with Gasteiger partial charge in [0.25, 0.3) is 0 Å². The summed E-state index contributed by atoms with van der Waals surface area (Å²) in [7, 11) is 0. The lowest BCUT2D eigenvalue weighted by Crippen LogP contribution is -2.30. The minimum atomic E-state index is 0.485. The Hall–Kier alpha value is -0.320. The van der Waals surface area contributed by atoms with Gasteiger partial charge in [0, 0.05) is 18.0 Å². The minimum Gasteiger partial charge on any atom is -0.349 e. The van der Waals surface area contributed by atoms with E-state index in [2.05, 4.69) is 47.7 Å². The van der Waals surface area contributed by atoms with E-state index in [1.165, 1.54) is 23.4 Å². The van der Waals surface area contributed by atoms with Crippen molar-refractivity contribution in [2.45, 2.75) is 36.3 Å². The van der Waals surface area contributed by atoms with Gasteiger partial charge in [-0.2, -0.15) is 0 Å². The zero-order chi connectivity index (χ0) is 12.1. The van der Waals surface area contributed by atoms with Crippen LogP contribution in [0.3, 0.4) is 0 Å². The molecule has 1 N–H and O–H groups in total. The first kappa shape index (κ1) is 13.1. The van der Waals surface area contributed by atoms with Crippen LogP contribution in [0.2, 0.25) is 0 Å². The van der Waals surface area contributed by atoms with E-state index in [0.29, 0.717) is 4.71 Å². The van der Waals surface area contributed by atoms with Crippen molar-refractivity contribution in [2.24, 2.45) is 0 Å². The molecule has 0 bridgehead atoms. The number of hydrogen-bond donors (Lipinski definition) is 1. The molecule has 1 aliphatic heterocycles. The molecule has 1 unspecified atom stereocenters. The quantitative estimate of drug-likeness (QED) is 0.620. The monoisotopic (exact) mass is 268 g/mol. The Kier molecular flexibility index (Phi) is 5.07. The van der Waals surface area contributed by atoms with Gasteiger partial charge in [0.15, 0.2) is 0 Å². The maximum atomic E-state index is 3.45. The summed E-state index contributed by atoms with van der Waals surface area (Å²) in [6.45, 7) is 6.66. The van der Waals surface area contributed by atoms with Gasteiger partial charge in [-0.3, -0.25) is 4.72 Å². The van der Waals surface area contributed by atoms with Crippen molar-refractivity contribution in [3.8, 4) is 0 Å². The van der Waals surface area contributed by atoms with E-state index in [9.17, 15) is 0 Å². The standard InChI is InChI=1S/C13H20N2S2/c1-3-9-14-17-13-15(10-4-2)11-7-5-6-8-12(11)16-13/h5-8,13-14H,3-4,9-10H2,1-2H3. The largest absolute Gasteiger partial charge is 0.349 e. The van der Waals surface area contributed by atoms with Crippen LogP contribution in [0.1, 0.15) is 26.7 Å². The van der Waals surface area contributed by atoms with Gasteiger partial charge in [-0.15, -0.1) is 0 Å². The van der Waals surface area contributed by atoms with Crippen LogP contribution in [-0.4, -0.2) is 17.8 Å². The van der Waals surface area contributed by atoms with Crippen LogP contribution in [0, 0.1) is 0 Å². The number of anilines is 1. The normalized spacial score (nSPS) is 18.5. The predicted octanol–water partition coefficient (Wildman–Crippen LogP) is 3.94. The van der Waals surface area contributed by atoms with Crippen LogP contribution in [0.25, 0.3) is 0 Å². The molecule has 1 aromatic carbocycles. The summed E-state index contributed by atoms with van der Waals surface area (Å²) in [5.41, 5.74) is 1.40. The zero-order valence-electron chi connectivity index (χ0n) is 10.5. The number of fused-ring (bicyclic) bond motifs is 1. The molecule has 0 aliphatic carbocycles. The third kappa shape index (κ3) is 3.12. The molecule has 1 atom stereocenters. The second-order valence-electron chi connectivity index (χ2n) is 4.10. The average molecular weight is 268 g/mol. The Bertz CT molecular complexity index is 357. The topological polar surface area (TPSA) is 15.3 Å². The molecular weight excluding hydrogens is 248 g/mol. The van der Waals surface area contributed by atoms with Gasteiger partial charge in [0.1, 0.15) is 4.71 Å². The summed E-state index contributed by atoms with van der Waals surface area (Å²) in [5, 5.41) is 0. The molecule has 1 heterocycles. The van der Waals surface area contributed by atoms with Crippen LogP contribution < -0.4 is 9.62 Å². The summed E-state index contributed by atoms with van der Waals surface area (Å²) in [5.74, 6) is 0. The number of hydrogen-bond acceptors (Lipinski definition) is 4. The van der Waals surface area contributed by atoms with Gasteiger partial charge in [0.05, 0.1) is 5.69 Å². The molecule has 17 heavy (non-hydrogen) atoms. The van der Waals surface area contributed by atoms with E-state index in [0.717, 1.165) is 13.1 Å². The van der Waals surface area contributed by atoms with Gasteiger partial charge in [-0.1, -0.05) is 37.7 Å². The van der Waals surface area contributed by atoms with E-state index in [1.807, 2.05) is 23.7 Å². The lowest BCUT2D eigenvalue weighted by Gasteiger charge is -2.25. The SMILES string of the molecule is CCCNSC1Sc2ccccc2N1CCC. The highest BCUT2D eigenvalue weighted by molar-refractivity contribution is 8.16. The molecule has 0 saturated heterocycles. The summed E-state index contributed by atoms with van der Waals surface area (Å²) < 4.78 is 3.94. The minimum absolute atomic E-state index is 0.485. The third-order valence-corrected chi connectivity index (χ3v) is 5.12. The molecule has 0 spiro atoms. The van der Waals surface area contributed by atoms with Crippen LogP contribution in [0.5, 0.6) is 0 Å². The summed E-state index contributed by atoms with van der Waals surface area (Å²) >= 11 is 3.81. The summed E-state index contributed by atoms with van der Waals surface area (Å²) in [6.07, 6.45) is 2.38. The molecule has 0 aromatic heterocycles. The van der Waals surface area contributed by atoms with E-state index in [1.54, 1.807) is 0 Å². The Labute approximate surface area is 113 Å². The second-order valence-corrected chi connectivity index (χ2v) is 6.49. The summed E-state index contributed by atoms with van der Waals surface area (Å²) in [4.78, 5) is 3.92. The molecule has 0 saturated carbocycles. The van der Waals surface area contributed by atoms with E-state index >= 15 is 0 Å². The first-order valence-corrected chi connectivity index (χ1v) is 8.03. The number of nitrogens with one attached hydrogen (secondary N) is 1. The van der Waals surface area contributed by atoms with Crippen LogP contribution in [0.15, 0.2) is 29.2 Å².